The van der Waals surface area contributed by atoms with Crippen molar-refractivity contribution >= 4 is 28.1 Å². The summed E-state index contributed by atoms with van der Waals surface area (Å²) in [5.74, 6) is 0.655. The van der Waals surface area contributed by atoms with Crippen LogP contribution in [0.25, 0.3) is 0 Å². The molecule has 0 atom stereocenters. The number of hydrogen-bond donors (Lipinski definition) is 1. The SMILES string of the molecule is CNC(=O)c1ccc(N2CCS(=O)CC2)c([N+](=O)[O-])c1. The minimum Gasteiger partial charge on any atom is -0.364 e. The average Bonchev–Trinajstić information content (AvgIpc) is 2.46. The van der Waals surface area contributed by atoms with Crippen LogP contribution in [-0.2, 0) is 10.8 Å². The van der Waals surface area contributed by atoms with Gasteiger partial charge >= 0.3 is 0 Å². The first-order valence-electron chi connectivity index (χ1n) is 6.13. The predicted octanol–water partition coefficient (Wildman–Crippen LogP) is 0.523. The van der Waals surface area contributed by atoms with Crippen LogP contribution in [0.1, 0.15) is 10.4 Å². The summed E-state index contributed by atoms with van der Waals surface area (Å²) >= 11 is 0. The molecule has 0 bridgehead atoms. The van der Waals surface area contributed by atoms with Crippen molar-refractivity contribution in [3.05, 3.63) is 33.9 Å². The number of carbonyl (C=O) groups is 1. The van der Waals surface area contributed by atoms with Gasteiger partial charge in [-0.15, -0.1) is 0 Å². The van der Waals surface area contributed by atoms with E-state index in [1.165, 1.54) is 13.1 Å². The highest BCUT2D eigenvalue weighted by Crippen LogP contribution is 2.30. The van der Waals surface area contributed by atoms with Gasteiger partial charge in [0.15, 0.2) is 0 Å². The molecule has 7 nitrogen and oxygen atoms in total. The lowest BCUT2D eigenvalue weighted by molar-refractivity contribution is -0.384. The Morgan fingerprint density at radius 2 is 2.05 bits per heavy atom. The quantitative estimate of drug-likeness (QED) is 0.648. The third-order valence-electron chi connectivity index (χ3n) is 3.18. The lowest BCUT2D eigenvalue weighted by Crippen LogP contribution is -2.38. The van der Waals surface area contributed by atoms with E-state index in [1.54, 1.807) is 12.1 Å². The molecule has 1 aromatic carbocycles. The van der Waals surface area contributed by atoms with Crippen molar-refractivity contribution in [1.29, 1.82) is 0 Å². The van der Waals surface area contributed by atoms with Crippen LogP contribution >= 0.6 is 0 Å². The zero-order valence-electron chi connectivity index (χ0n) is 11.0. The average molecular weight is 297 g/mol. The van der Waals surface area contributed by atoms with Crippen LogP contribution in [0.4, 0.5) is 11.4 Å². The summed E-state index contributed by atoms with van der Waals surface area (Å²) in [5.41, 5.74) is 0.627. The predicted molar refractivity (Wildman–Crippen MR) is 76.6 cm³/mol. The molecule has 0 aromatic heterocycles. The number of nitro benzene ring substituents is 1. The Kier molecular flexibility index (Phi) is 4.33. The molecule has 20 heavy (non-hydrogen) atoms. The Morgan fingerprint density at radius 1 is 1.40 bits per heavy atom. The fourth-order valence-electron chi connectivity index (χ4n) is 2.10. The molecular formula is C12H15N3O4S. The summed E-state index contributed by atoms with van der Waals surface area (Å²) in [5, 5.41) is 13.6. The monoisotopic (exact) mass is 297 g/mol. The smallest absolute Gasteiger partial charge is 0.293 e. The van der Waals surface area contributed by atoms with Crippen molar-refractivity contribution in [2.24, 2.45) is 0 Å². The van der Waals surface area contributed by atoms with Gasteiger partial charge in [-0.05, 0) is 12.1 Å². The van der Waals surface area contributed by atoms with Gasteiger partial charge < -0.3 is 10.2 Å². The van der Waals surface area contributed by atoms with Gasteiger partial charge in [0.25, 0.3) is 11.6 Å². The molecule has 1 heterocycles. The number of rotatable bonds is 3. The van der Waals surface area contributed by atoms with E-state index in [0.717, 1.165) is 0 Å². The molecular weight excluding hydrogens is 282 g/mol. The Hall–Kier alpha value is -1.96. The molecule has 1 aromatic rings. The standard InChI is InChI=1S/C12H15N3O4S/c1-13-12(16)9-2-3-10(11(8-9)15(17)18)14-4-6-20(19)7-5-14/h2-3,8H,4-7H2,1H3,(H,13,16). The van der Waals surface area contributed by atoms with Gasteiger partial charge in [-0.25, -0.2) is 0 Å². The maximum Gasteiger partial charge on any atom is 0.293 e. The van der Waals surface area contributed by atoms with E-state index in [9.17, 15) is 19.1 Å². The number of amides is 1. The van der Waals surface area contributed by atoms with Gasteiger partial charge in [0.2, 0.25) is 0 Å². The minimum absolute atomic E-state index is 0.0983. The van der Waals surface area contributed by atoms with Gasteiger partial charge in [-0.3, -0.25) is 19.1 Å². The normalized spacial score (nSPS) is 15.9. The fraction of sp³-hybridized carbons (Fsp3) is 0.417. The van der Waals surface area contributed by atoms with Gasteiger partial charge in [-0.2, -0.15) is 0 Å². The molecule has 1 fully saturated rings. The van der Waals surface area contributed by atoms with E-state index in [4.69, 9.17) is 0 Å². The molecule has 1 aliphatic heterocycles. The van der Waals surface area contributed by atoms with Gasteiger partial charge in [0, 0.05) is 54.1 Å². The Balaban J connectivity index is 2.35. The minimum atomic E-state index is -0.841. The highest BCUT2D eigenvalue weighted by Gasteiger charge is 2.24. The summed E-state index contributed by atoms with van der Waals surface area (Å²) < 4.78 is 11.3. The summed E-state index contributed by atoms with van der Waals surface area (Å²) in [6.45, 7) is 1.04. The molecule has 0 saturated carbocycles. The molecule has 0 unspecified atom stereocenters. The molecule has 1 N–H and O–H groups in total. The molecule has 8 heteroatoms. The Morgan fingerprint density at radius 3 is 2.60 bits per heavy atom. The van der Waals surface area contributed by atoms with Crippen LogP contribution in [0.2, 0.25) is 0 Å². The van der Waals surface area contributed by atoms with Crippen LogP contribution in [0.3, 0.4) is 0 Å². The zero-order valence-corrected chi connectivity index (χ0v) is 11.8. The molecule has 1 aliphatic rings. The fourth-order valence-corrected chi connectivity index (χ4v) is 3.15. The van der Waals surface area contributed by atoms with Crippen molar-refractivity contribution in [3.8, 4) is 0 Å². The number of nitrogens with zero attached hydrogens (tertiary/aromatic N) is 2. The maximum atomic E-state index is 11.5. The van der Waals surface area contributed by atoms with Crippen molar-refractivity contribution in [1.82, 2.24) is 5.32 Å². The van der Waals surface area contributed by atoms with E-state index in [0.29, 0.717) is 30.3 Å². The highest BCUT2D eigenvalue weighted by molar-refractivity contribution is 7.85. The summed E-state index contributed by atoms with van der Waals surface area (Å²) in [6.07, 6.45) is 0. The molecule has 2 rings (SSSR count). The van der Waals surface area contributed by atoms with Crippen molar-refractivity contribution in [3.63, 3.8) is 0 Å². The third kappa shape index (κ3) is 2.96. The third-order valence-corrected chi connectivity index (χ3v) is 4.46. The second kappa shape index (κ2) is 6.00. The van der Waals surface area contributed by atoms with Gasteiger partial charge in [-0.1, -0.05) is 0 Å². The summed E-state index contributed by atoms with van der Waals surface area (Å²) in [4.78, 5) is 24.1. The van der Waals surface area contributed by atoms with Crippen LogP contribution in [0.5, 0.6) is 0 Å². The first kappa shape index (κ1) is 14.4. The summed E-state index contributed by atoms with van der Waals surface area (Å²) in [7, 11) is 0.633. The van der Waals surface area contributed by atoms with E-state index in [1.807, 2.05) is 4.90 Å². The number of carbonyl (C=O) groups excluding carboxylic acids is 1. The molecule has 1 saturated heterocycles. The molecule has 1 amide bonds. The van der Waals surface area contributed by atoms with Gasteiger partial charge in [0.05, 0.1) is 4.92 Å². The van der Waals surface area contributed by atoms with Crippen molar-refractivity contribution in [2.45, 2.75) is 0 Å². The van der Waals surface area contributed by atoms with Gasteiger partial charge in [0.1, 0.15) is 5.69 Å². The lowest BCUT2D eigenvalue weighted by Gasteiger charge is -2.28. The highest BCUT2D eigenvalue weighted by atomic mass is 32.2. The van der Waals surface area contributed by atoms with Crippen LogP contribution in [0.15, 0.2) is 18.2 Å². The van der Waals surface area contributed by atoms with Crippen molar-refractivity contribution < 1.29 is 13.9 Å². The number of nitro groups is 1. The first-order chi connectivity index (χ1) is 9.52. The second-order valence-corrected chi connectivity index (χ2v) is 6.07. The molecule has 108 valence electrons. The van der Waals surface area contributed by atoms with Crippen LogP contribution in [-0.4, -0.2) is 46.7 Å². The van der Waals surface area contributed by atoms with E-state index in [-0.39, 0.29) is 17.2 Å². The Labute approximate surface area is 118 Å². The first-order valence-corrected chi connectivity index (χ1v) is 7.62. The Bertz CT molecular complexity index is 566. The molecule has 0 radical (unpaired) electrons. The topological polar surface area (TPSA) is 92.6 Å². The largest absolute Gasteiger partial charge is 0.364 e. The number of anilines is 1. The number of benzene rings is 1. The van der Waals surface area contributed by atoms with Crippen molar-refractivity contribution in [2.75, 3.05) is 36.5 Å². The van der Waals surface area contributed by atoms with E-state index < -0.39 is 15.7 Å². The van der Waals surface area contributed by atoms with E-state index >= 15 is 0 Å². The molecule has 0 spiro atoms. The molecule has 0 aliphatic carbocycles. The maximum absolute atomic E-state index is 11.5. The van der Waals surface area contributed by atoms with Crippen LogP contribution in [0, 0.1) is 10.1 Å². The number of nitrogens with one attached hydrogen (secondary N) is 1. The number of hydrogen-bond acceptors (Lipinski definition) is 5. The van der Waals surface area contributed by atoms with Crippen LogP contribution < -0.4 is 10.2 Å². The second-order valence-electron chi connectivity index (χ2n) is 4.37. The van der Waals surface area contributed by atoms with E-state index in [2.05, 4.69) is 5.32 Å². The summed E-state index contributed by atoms with van der Waals surface area (Å²) in [6, 6.07) is 4.42. The zero-order chi connectivity index (χ0) is 14.7. The lowest BCUT2D eigenvalue weighted by atomic mass is 10.1.